The van der Waals surface area contributed by atoms with Crippen molar-refractivity contribution in [3.05, 3.63) is 0 Å². The molecule has 0 aromatic carbocycles. The van der Waals surface area contributed by atoms with Crippen LogP contribution in [0.2, 0.25) is 0 Å². The van der Waals surface area contributed by atoms with E-state index in [4.69, 9.17) is 4.74 Å². The van der Waals surface area contributed by atoms with Crippen molar-refractivity contribution in [1.82, 2.24) is 15.5 Å². The highest BCUT2D eigenvalue weighted by Gasteiger charge is 2.55. The summed E-state index contributed by atoms with van der Waals surface area (Å²) in [6.07, 6.45) is 4.11. The van der Waals surface area contributed by atoms with Gasteiger partial charge in [-0.1, -0.05) is 26.7 Å². The number of urea groups is 1. The summed E-state index contributed by atoms with van der Waals surface area (Å²) in [6.45, 7) is 4.82. The Balaban J connectivity index is 1.89. The zero-order chi connectivity index (χ0) is 18.6. The first-order valence-electron chi connectivity index (χ1n) is 8.89. The lowest BCUT2D eigenvalue weighted by Gasteiger charge is -2.36. The SMILES string of the molecule is CC[C@H](C)NC(=O)COC(=O)CN1C(=O)N[C@]2(CCCC[C@@H]2C)C1=O. The molecule has 3 atom stereocenters. The van der Waals surface area contributed by atoms with Crippen molar-refractivity contribution < 1.29 is 23.9 Å². The Labute approximate surface area is 147 Å². The van der Waals surface area contributed by atoms with Crippen molar-refractivity contribution in [2.24, 2.45) is 5.92 Å². The molecule has 0 aromatic heterocycles. The number of rotatable bonds is 6. The minimum absolute atomic E-state index is 0.00946. The Kier molecular flexibility index (Phi) is 6.02. The van der Waals surface area contributed by atoms with Gasteiger partial charge in [-0.15, -0.1) is 0 Å². The molecule has 4 amide bonds. The summed E-state index contributed by atoms with van der Waals surface area (Å²) in [6, 6.07) is -0.579. The predicted octanol–water partition coefficient (Wildman–Crippen LogP) is 0.945. The van der Waals surface area contributed by atoms with Gasteiger partial charge >= 0.3 is 12.0 Å². The van der Waals surface area contributed by atoms with Crippen LogP contribution in [0.5, 0.6) is 0 Å². The molecule has 1 aliphatic carbocycles. The Hall–Kier alpha value is -2.12. The molecule has 140 valence electrons. The van der Waals surface area contributed by atoms with Crippen molar-refractivity contribution in [2.75, 3.05) is 13.2 Å². The van der Waals surface area contributed by atoms with E-state index in [1.807, 2.05) is 20.8 Å². The number of nitrogens with one attached hydrogen (secondary N) is 2. The normalized spacial score (nSPS) is 27.2. The predicted molar refractivity (Wildman–Crippen MR) is 89.5 cm³/mol. The Morgan fingerprint density at radius 3 is 2.76 bits per heavy atom. The minimum Gasteiger partial charge on any atom is -0.454 e. The van der Waals surface area contributed by atoms with Crippen molar-refractivity contribution >= 4 is 23.8 Å². The number of hydrogen-bond donors (Lipinski definition) is 2. The zero-order valence-corrected chi connectivity index (χ0v) is 15.1. The summed E-state index contributed by atoms with van der Waals surface area (Å²) < 4.78 is 4.89. The fourth-order valence-electron chi connectivity index (χ4n) is 3.38. The maximum absolute atomic E-state index is 12.7. The van der Waals surface area contributed by atoms with Crippen molar-refractivity contribution in [3.63, 3.8) is 0 Å². The monoisotopic (exact) mass is 353 g/mol. The number of nitrogens with zero attached hydrogens (tertiary/aromatic N) is 1. The lowest BCUT2D eigenvalue weighted by Crippen LogP contribution is -2.54. The third kappa shape index (κ3) is 4.11. The molecular formula is C17H27N3O5. The molecule has 0 radical (unpaired) electrons. The van der Waals surface area contributed by atoms with E-state index in [1.165, 1.54) is 0 Å². The summed E-state index contributed by atoms with van der Waals surface area (Å²) in [7, 11) is 0. The average molecular weight is 353 g/mol. The van der Waals surface area contributed by atoms with Gasteiger partial charge in [0.25, 0.3) is 11.8 Å². The van der Waals surface area contributed by atoms with Crippen LogP contribution in [0.3, 0.4) is 0 Å². The van der Waals surface area contributed by atoms with Gasteiger partial charge in [-0.25, -0.2) is 4.79 Å². The number of imide groups is 1. The molecule has 2 aliphatic rings. The molecule has 2 fully saturated rings. The number of carbonyl (C=O) groups excluding carboxylic acids is 4. The first kappa shape index (κ1) is 19.2. The number of carbonyl (C=O) groups is 4. The molecular weight excluding hydrogens is 326 g/mol. The van der Waals surface area contributed by atoms with Crippen LogP contribution in [0.4, 0.5) is 4.79 Å². The van der Waals surface area contributed by atoms with E-state index in [2.05, 4.69) is 10.6 Å². The van der Waals surface area contributed by atoms with Gasteiger partial charge in [0.2, 0.25) is 0 Å². The molecule has 8 heteroatoms. The highest BCUT2D eigenvalue weighted by molar-refractivity contribution is 6.09. The number of hydrogen-bond acceptors (Lipinski definition) is 5. The van der Waals surface area contributed by atoms with Crippen LogP contribution >= 0.6 is 0 Å². The first-order valence-corrected chi connectivity index (χ1v) is 8.89. The molecule has 2 rings (SSSR count). The van der Waals surface area contributed by atoms with E-state index in [0.717, 1.165) is 30.6 Å². The molecule has 0 bridgehead atoms. The van der Waals surface area contributed by atoms with Crippen LogP contribution in [-0.4, -0.2) is 53.4 Å². The molecule has 1 saturated carbocycles. The van der Waals surface area contributed by atoms with Gasteiger partial charge in [0.15, 0.2) is 6.61 Å². The molecule has 0 unspecified atom stereocenters. The van der Waals surface area contributed by atoms with Crippen LogP contribution in [-0.2, 0) is 19.1 Å². The number of esters is 1. The number of amides is 4. The fraction of sp³-hybridized carbons (Fsp3) is 0.765. The molecule has 0 aromatic rings. The van der Waals surface area contributed by atoms with E-state index in [-0.39, 0.29) is 17.9 Å². The summed E-state index contributed by atoms with van der Waals surface area (Å²) in [5.74, 6) is -1.52. The van der Waals surface area contributed by atoms with E-state index in [0.29, 0.717) is 6.42 Å². The van der Waals surface area contributed by atoms with E-state index < -0.39 is 36.6 Å². The van der Waals surface area contributed by atoms with Gasteiger partial charge in [-0.05, 0) is 32.1 Å². The molecule has 2 N–H and O–H groups in total. The smallest absolute Gasteiger partial charge is 0.326 e. The quantitative estimate of drug-likeness (QED) is 0.546. The molecule has 1 saturated heterocycles. The Morgan fingerprint density at radius 2 is 2.12 bits per heavy atom. The number of ether oxygens (including phenoxy) is 1. The van der Waals surface area contributed by atoms with Gasteiger partial charge in [-0.3, -0.25) is 19.3 Å². The maximum atomic E-state index is 12.7. The van der Waals surface area contributed by atoms with Gasteiger partial charge < -0.3 is 15.4 Å². The lowest BCUT2D eigenvalue weighted by atomic mass is 9.73. The molecule has 1 aliphatic heterocycles. The second kappa shape index (κ2) is 7.84. The lowest BCUT2D eigenvalue weighted by molar-refractivity contribution is -0.151. The van der Waals surface area contributed by atoms with Gasteiger partial charge in [0, 0.05) is 6.04 Å². The van der Waals surface area contributed by atoms with Crippen molar-refractivity contribution in [3.8, 4) is 0 Å². The fourth-order valence-corrected chi connectivity index (χ4v) is 3.38. The van der Waals surface area contributed by atoms with Crippen LogP contribution in [0, 0.1) is 5.92 Å². The summed E-state index contributed by atoms with van der Waals surface area (Å²) in [5, 5.41) is 5.45. The molecule has 1 heterocycles. The highest BCUT2D eigenvalue weighted by atomic mass is 16.5. The molecule has 1 spiro atoms. The highest BCUT2D eigenvalue weighted by Crippen LogP contribution is 2.38. The second-order valence-corrected chi connectivity index (χ2v) is 6.98. The van der Waals surface area contributed by atoms with Crippen LogP contribution < -0.4 is 10.6 Å². The topological polar surface area (TPSA) is 105 Å². The second-order valence-electron chi connectivity index (χ2n) is 6.98. The van der Waals surface area contributed by atoms with E-state index in [9.17, 15) is 19.2 Å². The van der Waals surface area contributed by atoms with Crippen molar-refractivity contribution in [2.45, 2.75) is 64.5 Å². The maximum Gasteiger partial charge on any atom is 0.326 e. The van der Waals surface area contributed by atoms with Gasteiger partial charge in [0.05, 0.1) is 0 Å². The third-order valence-corrected chi connectivity index (χ3v) is 5.17. The van der Waals surface area contributed by atoms with Crippen LogP contribution in [0.1, 0.15) is 52.9 Å². The van der Waals surface area contributed by atoms with E-state index >= 15 is 0 Å². The standard InChI is InChI=1S/C17H27N3O5/c1-4-12(3)18-13(21)10-25-14(22)9-20-15(23)17(19-16(20)24)8-6-5-7-11(17)2/h11-12H,4-10H2,1-3H3,(H,18,21)(H,19,24)/t11-,12-,17-/m0/s1. The van der Waals surface area contributed by atoms with Gasteiger partial charge in [0.1, 0.15) is 12.1 Å². The van der Waals surface area contributed by atoms with Crippen LogP contribution in [0.25, 0.3) is 0 Å². The van der Waals surface area contributed by atoms with Crippen LogP contribution in [0.15, 0.2) is 0 Å². The van der Waals surface area contributed by atoms with E-state index in [1.54, 1.807) is 0 Å². The zero-order valence-electron chi connectivity index (χ0n) is 15.1. The largest absolute Gasteiger partial charge is 0.454 e. The molecule has 8 nitrogen and oxygen atoms in total. The molecule has 25 heavy (non-hydrogen) atoms. The van der Waals surface area contributed by atoms with Crippen molar-refractivity contribution in [1.29, 1.82) is 0 Å². The summed E-state index contributed by atoms with van der Waals surface area (Å²) >= 11 is 0. The summed E-state index contributed by atoms with van der Waals surface area (Å²) in [5.41, 5.74) is -0.899. The first-order chi connectivity index (χ1) is 11.8. The summed E-state index contributed by atoms with van der Waals surface area (Å²) in [4.78, 5) is 49.3. The third-order valence-electron chi connectivity index (χ3n) is 5.17. The van der Waals surface area contributed by atoms with Gasteiger partial charge in [-0.2, -0.15) is 0 Å². The minimum atomic E-state index is -0.899. The Bertz CT molecular complexity index is 564. The average Bonchev–Trinajstić information content (AvgIpc) is 2.80. The Morgan fingerprint density at radius 1 is 1.40 bits per heavy atom.